The van der Waals surface area contributed by atoms with Crippen LogP contribution >= 0.6 is 0 Å². The fourth-order valence-corrected chi connectivity index (χ4v) is 4.52. The molecule has 2 atom stereocenters. The number of anilines is 1. The fourth-order valence-electron chi connectivity index (χ4n) is 4.52. The van der Waals surface area contributed by atoms with E-state index in [0.717, 1.165) is 25.8 Å². The molecule has 0 radical (unpaired) electrons. The number of rotatable bonds is 3. The van der Waals surface area contributed by atoms with E-state index >= 15 is 4.39 Å². The molecule has 2 unspecified atom stereocenters. The lowest BCUT2D eigenvalue weighted by Crippen LogP contribution is -2.44. The van der Waals surface area contributed by atoms with Crippen LogP contribution in [0.1, 0.15) is 41.2 Å². The van der Waals surface area contributed by atoms with Crippen molar-refractivity contribution in [2.75, 3.05) is 18.0 Å². The normalized spacial score (nSPS) is 23.8. The first-order valence-electron chi connectivity index (χ1n) is 9.11. The summed E-state index contributed by atoms with van der Waals surface area (Å²) in [6.45, 7) is 1.45. The molecule has 1 aromatic heterocycles. The summed E-state index contributed by atoms with van der Waals surface area (Å²) in [4.78, 5) is 26.2. The second-order valence-corrected chi connectivity index (χ2v) is 7.59. The number of aromatic carboxylic acids is 1. The Morgan fingerprint density at radius 1 is 1.37 bits per heavy atom. The van der Waals surface area contributed by atoms with Crippen molar-refractivity contribution in [3.63, 3.8) is 0 Å². The number of halogens is 1. The van der Waals surface area contributed by atoms with Crippen molar-refractivity contribution in [2.24, 2.45) is 0 Å². The van der Waals surface area contributed by atoms with Crippen LogP contribution < -0.4 is 15.6 Å². The number of nitrogens with zero attached hydrogens (tertiary/aromatic N) is 2. The van der Waals surface area contributed by atoms with E-state index in [1.165, 1.54) is 12.3 Å². The Hall–Kier alpha value is -2.85. The summed E-state index contributed by atoms with van der Waals surface area (Å²) in [5.74, 6) is 0.727. The van der Waals surface area contributed by atoms with Gasteiger partial charge in [0.05, 0.1) is 22.2 Å². The highest BCUT2D eigenvalue weighted by Crippen LogP contribution is 2.41. The van der Waals surface area contributed by atoms with Crippen molar-refractivity contribution in [1.82, 2.24) is 9.88 Å². The Morgan fingerprint density at radius 3 is 2.70 bits per heavy atom. The lowest BCUT2D eigenvalue weighted by Gasteiger charge is -2.31. The SMILES string of the molecule is C#Cc1c(N2CC3CC2CN3)c(F)cc2c(=O)c(C(=O)O)cn(C3CC3)c12. The molecule has 27 heavy (non-hydrogen) atoms. The van der Waals surface area contributed by atoms with Crippen LogP contribution in [0, 0.1) is 18.2 Å². The van der Waals surface area contributed by atoms with Crippen LogP contribution in [0.25, 0.3) is 10.9 Å². The standard InChI is InChI=1S/C20H18FN3O3/c1-2-13-17-14(19(25)15(20(26)27)9-24(17)11-3-4-11)6-16(21)18(13)23-8-10-5-12(23)7-22-10/h1,6,9-12,22H,3-5,7-8H2,(H,26,27). The van der Waals surface area contributed by atoms with Gasteiger partial charge in [-0.1, -0.05) is 5.92 Å². The van der Waals surface area contributed by atoms with Gasteiger partial charge in [-0.3, -0.25) is 4.79 Å². The van der Waals surface area contributed by atoms with E-state index < -0.39 is 17.2 Å². The number of pyridine rings is 1. The summed E-state index contributed by atoms with van der Waals surface area (Å²) in [7, 11) is 0. The minimum absolute atomic E-state index is 0.0403. The molecule has 2 aliphatic heterocycles. The Morgan fingerprint density at radius 2 is 2.15 bits per heavy atom. The van der Waals surface area contributed by atoms with Gasteiger partial charge in [0.1, 0.15) is 11.4 Å². The molecule has 1 aromatic carbocycles. The molecular weight excluding hydrogens is 349 g/mol. The minimum atomic E-state index is -1.31. The van der Waals surface area contributed by atoms with Crippen LogP contribution in [-0.4, -0.2) is 40.8 Å². The van der Waals surface area contributed by atoms with Gasteiger partial charge in [0.25, 0.3) is 0 Å². The fraction of sp³-hybridized carbons (Fsp3) is 0.400. The number of piperazine rings is 1. The molecule has 1 saturated carbocycles. The van der Waals surface area contributed by atoms with Gasteiger partial charge in [-0.25, -0.2) is 9.18 Å². The van der Waals surface area contributed by atoms with Crippen molar-refractivity contribution >= 4 is 22.6 Å². The molecule has 2 aromatic rings. The van der Waals surface area contributed by atoms with E-state index in [0.29, 0.717) is 29.4 Å². The summed E-state index contributed by atoms with van der Waals surface area (Å²) < 4.78 is 16.9. The lowest BCUT2D eigenvalue weighted by molar-refractivity contribution is 0.0695. The maximum Gasteiger partial charge on any atom is 0.341 e. The molecule has 138 valence electrons. The highest BCUT2D eigenvalue weighted by molar-refractivity contribution is 5.97. The second kappa shape index (κ2) is 5.57. The van der Waals surface area contributed by atoms with Crippen LogP contribution in [-0.2, 0) is 0 Å². The number of hydrogen-bond acceptors (Lipinski definition) is 4. The van der Waals surface area contributed by atoms with E-state index in [-0.39, 0.29) is 23.0 Å². The van der Waals surface area contributed by atoms with Crippen LogP contribution in [0.3, 0.4) is 0 Å². The number of carboxylic acid groups (broad SMARTS) is 1. The maximum absolute atomic E-state index is 15.2. The zero-order valence-electron chi connectivity index (χ0n) is 14.5. The highest BCUT2D eigenvalue weighted by atomic mass is 19.1. The number of aromatic nitrogens is 1. The molecule has 2 N–H and O–H groups in total. The topological polar surface area (TPSA) is 74.6 Å². The van der Waals surface area contributed by atoms with Crippen LogP contribution in [0.5, 0.6) is 0 Å². The van der Waals surface area contributed by atoms with Gasteiger partial charge in [-0.2, -0.15) is 0 Å². The molecular formula is C20H18FN3O3. The average Bonchev–Trinajstić information content (AvgIpc) is 3.27. The second-order valence-electron chi connectivity index (χ2n) is 7.59. The third-order valence-electron chi connectivity index (χ3n) is 5.90. The summed E-state index contributed by atoms with van der Waals surface area (Å²) in [6.07, 6.45) is 9.87. The van der Waals surface area contributed by atoms with Crippen LogP contribution in [0.15, 0.2) is 17.1 Å². The molecule has 2 saturated heterocycles. The summed E-state index contributed by atoms with van der Waals surface area (Å²) >= 11 is 0. The molecule has 3 fully saturated rings. The molecule has 3 heterocycles. The monoisotopic (exact) mass is 367 g/mol. The van der Waals surface area contributed by atoms with Gasteiger partial charge in [0.15, 0.2) is 0 Å². The van der Waals surface area contributed by atoms with Gasteiger partial charge in [-0.05, 0) is 25.3 Å². The number of fused-ring (bicyclic) bond motifs is 3. The van der Waals surface area contributed by atoms with Crippen molar-refractivity contribution < 1.29 is 14.3 Å². The first kappa shape index (κ1) is 16.3. The number of carbonyl (C=O) groups is 1. The number of benzene rings is 1. The van der Waals surface area contributed by atoms with Gasteiger partial charge in [-0.15, -0.1) is 6.42 Å². The lowest BCUT2D eigenvalue weighted by atomic mass is 10.0. The van der Waals surface area contributed by atoms with Crippen molar-refractivity contribution in [3.05, 3.63) is 39.4 Å². The Kier molecular flexibility index (Phi) is 3.37. The summed E-state index contributed by atoms with van der Waals surface area (Å²) in [6, 6.07) is 1.75. The highest BCUT2D eigenvalue weighted by Gasteiger charge is 2.40. The molecule has 0 amide bonds. The maximum atomic E-state index is 15.2. The van der Waals surface area contributed by atoms with Crippen LogP contribution in [0.2, 0.25) is 0 Å². The first-order chi connectivity index (χ1) is 13.0. The zero-order valence-corrected chi connectivity index (χ0v) is 14.5. The Labute approximate surface area is 154 Å². The quantitative estimate of drug-likeness (QED) is 0.808. The predicted octanol–water partition coefficient (Wildman–Crippen LogP) is 1.71. The van der Waals surface area contributed by atoms with E-state index in [4.69, 9.17) is 6.42 Å². The number of terminal acetylenes is 1. The number of carboxylic acids is 1. The Balaban J connectivity index is 1.84. The number of hydrogen-bond donors (Lipinski definition) is 2. The van der Waals surface area contributed by atoms with E-state index in [9.17, 15) is 14.7 Å². The van der Waals surface area contributed by atoms with E-state index in [2.05, 4.69) is 11.2 Å². The Bertz CT molecular complexity index is 1100. The molecule has 3 aliphatic rings. The van der Waals surface area contributed by atoms with Crippen molar-refractivity contribution in [1.29, 1.82) is 0 Å². The largest absolute Gasteiger partial charge is 0.477 e. The molecule has 1 aliphatic carbocycles. The van der Waals surface area contributed by atoms with E-state index in [1.54, 1.807) is 4.57 Å². The molecule has 0 spiro atoms. The van der Waals surface area contributed by atoms with Gasteiger partial charge < -0.3 is 19.9 Å². The smallest absolute Gasteiger partial charge is 0.341 e. The van der Waals surface area contributed by atoms with Gasteiger partial charge >= 0.3 is 5.97 Å². The molecule has 6 nitrogen and oxygen atoms in total. The molecule has 5 rings (SSSR count). The predicted molar refractivity (Wildman–Crippen MR) is 98.9 cm³/mol. The molecule has 7 heteroatoms. The first-order valence-corrected chi connectivity index (χ1v) is 9.11. The van der Waals surface area contributed by atoms with Crippen molar-refractivity contribution in [3.8, 4) is 12.3 Å². The average molecular weight is 367 g/mol. The number of nitrogens with one attached hydrogen (secondary N) is 1. The summed E-state index contributed by atoms with van der Waals surface area (Å²) in [5.41, 5.74) is 0.131. The third-order valence-corrected chi connectivity index (χ3v) is 5.90. The summed E-state index contributed by atoms with van der Waals surface area (Å²) in [5, 5.41) is 12.8. The van der Waals surface area contributed by atoms with E-state index in [1.807, 2.05) is 4.90 Å². The minimum Gasteiger partial charge on any atom is -0.477 e. The zero-order chi connectivity index (χ0) is 18.9. The van der Waals surface area contributed by atoms with Gasteiger partial charge in [0.2, 0.25) is 5.43 Å². The molecule has 2 bridgehead atoms. The third kappa shape index (κ3) is 2.30. The van der Waals surface area contributed by atoms with Gasteiger partial charge in [0, 0.05) is 37.4 Å². The van der Waals surface area contributed by atoms with Crippen LogP contribution in [0.4, 0.5) is 10.1 Å². The van der Waals surface area contributed by atoms with Crippen molar-refractivity contribution in [2.45, 2.75) is 37.4 Å².